The van der Waals surface area contributed by atoms with E-state index in [0.717, 1.165) is 11.8 Å². The van der Waals surface area contributed by atoms with Gasteiger partial charge in [-0.25, -0.2) is 0 Å². The number of hydrogen-bond donors (Lipinski definition) is 1. The van der Waals surface area contributed by atoms with Crippen molar-refractivity contribution >= 4 is 11.4 Å². The monoisotopic (exact) mass is 315 g/mol. The number of hydrogen-bond acceptors (Lipinski definition) is 5. The zero-order chi connectivity index (χ0) is 16.3. The Hall–Kier alpha value is -2.58. The summed E-state index contributed by atoms with van der Waals surface area (Å²) in [4.78, 5) is 9.60. The van der Waals surface area contributed by atoms with Crippen molar-refractivity contribution in [2.24, 2.45) is 0 Å². The molecule has 1 aromatic carbocycles. The molecule has 0 aliphatic carbocycles. The van der Waals surface area contributed by atoms with Crippen LogP contribution in [0, 0.1) is 10.1 Å². The minimum Gasteiger partial charge on any atom is -0.378 e. The molecule has 0 aliphatic rings. The van der Waals surface area contributed by atoms with E-state index in [4.69, 9.17) is 4.52 Å². The van der Waals surface area contributed by atoms with Gasteiger partial charge in [-0.15, -0.1) is 0 Å². The lowest BCUT2D eigenvalue weighted by Crippen LogP contribution is -2.10. The summed E-state index contributed by atoms with van der Waals surface area (Å²) in [6, 6.07) is 4.42. The second-order valence-electron chi connectivity index (χ2n) is 4.48. The summed E-state index contributed by atoms with van der Waals surface area (Å²) < 4.78 is 43.5. The zero-order valence-electron chi connectivity index (χ0n) is 11.5. The molecule has 118 valence electrons. The number of nitrogens with zero attached hydrogens (tertiary/aromatic N) is 2. The number of benzene rings is 1. The summed E-state index contributed by atoms with van der Waals surface area (Å²) in [5.41, 5.74) is -1.44. The van der Waals surface area contributed by atoms with Crippen LogP contribution in [-0.2, 0) is 19.1 Å². The smallest absolute Gasteiger partial charge is 0.378 e. The van der Waals surface area contributed by atoms with Crippen molar-refractivity contribution in [3.63, 3.8) is 0 Å². The minimum absolute atomic E-state index is 0.104. The van der Waals surface area contributed by atoms with Gasteiger partial charge < -0.3 is 9.84 Å². The van der Waals surface area contributed by atoms with Gasteiger partial charge in [-0.1, -0.05) is 12.1 Å². The van der Waals surface area contributed by atoms with Gasteiger partial charge in [0.15, 0.2) is 5.76 Å². The van der Waals surface area contributed by atoms with Gasteiger partial charge in [0.1, 0.15) is 5.56 Å². The van der Waals surface area contributed by atoms with Crippen molar-refractivity contribution in [1.82, 2.24) is 5.16 Å². The van der Waals surface area contributed by atoms with Crippen LogP contribution in [0.25, 0.3) is 0 Å². The van der Waals surface area contributed by atoms with Crippen LogP contribution in [0.1, 0.15) is 23.9 Å². The molecular formula is C13H12F3N3O3. The highest BCUT2D eigenvalue weighted by atomic mass is 19.4. The van der Waals surface area contributed by atoms with Crippen LogP contribution >= 0.6 is 0 Å². The topological polar surface area (TPSA) is 81.2 Å². The first-order valence-corrected chi connectivity index (χ1v) is 6.35. The molecule has 0 atom stereocenters. The van der Waals surface area contributed by atoms with Gasteiger partial charge in [0.25, 0.3) is 5.69 Å². The maximum Gasteiger partial charge on any atom is 0.423 e. The molecule has 2 rings (SSSR count). The van der Waals surface area contributed by atoms with Gasteiger partial charge in [-0.3, -0.25) is 10.1 Å². The molecule has 0 fully saturated rings. The molecule has 0 radical (unpaired) electrons. The molecule has 9 heteroatoms. The molecule has 1 heterocycles. The first kappa shape index (κ1) is 15.8. The highest BCUT2D eigenvalue weighted by molar-refractivity contribution is 5.55. The van der Waals surface area contributed by atoms with Crippen LogP contribution in [0.5, 0.6) is 0 Å². The number of aryl methyl sites for hydroxylation is 1. The number of anilines is 1. The molecule has 1 aromatic heterocycles. The maximum absolute atomic E-state index is 12.8. The second kappa shape index (κ2) is 6.04. The van der Waals surface area contributed by atoms with E-state index in [1.54, 1.807) is 6.07 Å². The normalized spacial score (nSPS) is 11.5. The number of alkyl halides is 3. The van der Waals surface area contributed by atoms with Gasteiger partial charge in [0.2, 0.25) is 0 Å². The van der Waals surface area contributed by atoms with E-state index in [9.17, 15) is 23.3 Å². The molecule has 0 spiro atoms. The molecule has 22 heavy (non-hydrogen) atoms. The van der Waals surface area contributed by atoms with E-state index in [0.29, 0.717) is 18.2 Å². The fourth-order valence-corrected chi connectivity index (χ4v) is 1.83. The van der Waals surface area contributed by atoms with Crippen molar-refractivity contribution in [2.75, 3.05) is 5.32 Å². The van der Waals surface area contributed by atoms with Gasteiger partial charge in [-0.05, 0) is 18.6 Å². The predicted octanol–water partition coefficient (Wildman–Crippen LogP) is 3.78. The number of nitrogens with one attached hydrogen (secondary N) is 1. The van der Waals surface area contributed by atoms with Crippen molar-refractivity contribution in [3.8, 4) is 0 Å². The quantitative estimate of drug-likeness (QED) is 0.671. The highest BCUT2D eigenvalue weighted by Gasteiger charge is 2.38. The van der Waals surface area contributed by atoms with E-state index >= 15 is 0 Å². The molecular weight excluding hydrogens is 303 g/mol. The molecule has 0 unspecified atom stereocenters. The first-order valence-electron chi connectivity index (χ1n) is 6.35. The maximum atomic E-state index is 12.8. The molecule has 0 amide bonds. The van der Waals surface area contributed by atoms with Crippen LogP contribution in [-0.4, -0.2) is 10.1 Å². The molecule has 0 saturated carbocycles. The number of aromatic nitrogens is 1. The van der Waals surface area contributed by atoms with Crippen molar-refractivity contribution < 1.29 is 22.6 Å². The van der Waals surface area contributed by atoms with Crippen LogP contribution in [0.4, 0.5) is 24.5 Å². The Morgan fingerprint density at radius 1 is 1.36 bits per heavy atom. The van der Waals surface area contributed by atoms with E-state index < -0.39 is 22.4 Å². The van der Waals surface area contributed by atoms with Crippen molar-refractivity contribution in [3.05, 3.63) is 51.4 Å². The average Bonchev–Trinajstić information content (AvgIpc) is 2.91. The third-order valence-corrected chi connectivity index (χ3v) is 2.94. The van der Waals surface area contributed by atoms with Gasteiger partial charge >= 0.3 is 6.18 Å². The molecule has 1 N–H and O–H groups in total. The first-order chi connectivity index (χ1) is 10.3. The molecule has 0 saturated heterocycles. The summed E-state index contributed by atoms with van der Waals surface area (Å²) in [5.74, 6) is 0.462. The van der Waals surface area contributed by atoms with E-state index in [1.165, 1.54) is 6.07 Å². The SMILES string of the molecule is CCc1cc(CNc2ccc([N+](=O)[O-])c(C(F)(F)F)c2)on1. The van der Waals surface area contributed by atoms with Crippen LogP contribution < -0.4 is 5.32 Å². The van der Waals surface area contributed by atoms with Crippen LogP contribution in [0.3, 0.4) is 0 Å². The molecule has 0 bridgehead atoms. The van der Waals surface area contributed by atoms with E-state index in [-0.39, 0.29) is 12.2 Å². The number of halogens is 3. The van der Waals surface area contributed by atoms with E-state index in [2.05, 4.69) is 10.5 Å². The minimum atomic E-state index is -4.80. The Morgan fingerprint density at radius 3 is 2.64 bits per heavy atom. The Morgan fingerprint density at radius 2 is 2.09 bits per heavy atom. The van der Waals surface area contributed by atoms with Gasteiger partial charge in [0, 0.05) is 17.8 Å². The Balaban J connectivity index is 2.19. The Kier molecular flexibility index (Phi) is 4.34. The second-order valence-corrected chi connectivity index (χ2v) is 4.48. The Bertz CT molecular complexity index is 683. The lowest BCUT2D eigenvalue weighted by molar-refractivity contribution is -0.388. The number of rotatable bonds is 5. The summed E-state index contributed by atoms with van der Waals surface area (Å²) in [6.45, 7) is 2.02. The summed E-state index contributed by atoms with van der Waals surface area (Å²) in [5, 5.41) is 17.1. The van der Waals surface area contributed by atoms with Gasteiger partial charge in [0.05, 0.1) is 17.2 Å². The largest absolute Gasteiger partial charge is 0.423 e. The predicted molar refractivity (Wildman–Crippen MR) is 71.3 cm³/mol. The van der Waals surface area contributed by atoms with Crippen LogP contribution in [0.15, 0.2) is 28.8 Å². The van der Waals surface area contributed by atoms with Gasteiger partial charge in [-0.2, -0.15) is 13.2 Å². The fourth-order valence-electron chi connectivity index (χ4n) is 1.83. The number of nitro benzene ring substituents is 1. The van der Waals surface area contributed by atoms with Crippen molar-refractivity contribution in [1.29, 1.82) is 0 Å². The third kappa shape index (κ3) is 3.54. The lowest BCUT2D eigenvalue weighted by Gasteiger charge is -2.10. The summed E-state index contributed by atoms with van der Waals surface area (Å²) in [6.07, 6.45) is -4.12. The molecule has 6 nitrogen and oxygen atoms in total. The highest BCUT2D eigenvalue weighted by Crippen LogP contribution is 2.37. The Labute approximate surface area is 123 Å². The molecule has 2 aromatic rings. The summed E-state index contributed by atoms with van der Waals surface area (Å²) >= 11 is 0. The van der Waals surface area contributed by atoms with Crippen molar-refractivity contribution in [2.45, 2.75) is 26.1 Å². The van der Waals surface area contributed by atoms with E-state index in [1.807, 2.05) is 6.92 Å². The zero-order valence-corrected chi connectivity index (χ0v) is 11.5. The fraction of sp³-hybridized carbons (Fsp3) is 0.308. The summed E-state index contributed by atoms with van der Waals surface area (Å²) in [7, 11) is 0. The third-order valence-electron chi connectivity index (χ3n) is 2.94. The molecule has 0 aliphatic heterocycles. The average molecular weight is 315 g/mol. The van der Waals surface area contributed by atoms with Crippen LogP contribution in [0.2, 0.25) is 0 Å². The lowest BCUT2D eigenvalue weighted by atomic mass is 10.1. The standard InChI is InChI=1S/C13H12F3N3O3/c1-2-8-5-10(22-18-8)7-17-9-3-4-12(19(20)21)11(6-9)13(14,15)16/h3-6,17H,2,7H2,1H3. The number of nitro groups is 1.